The highest BCUT2D eigenvalue weighted by Gasteiger charge is 2.33. The molecule has 0 spiro atoms. The van der Waals surface area contributed by atoms with Crippen LogP contribution in [0.3, 0.4) is 0 Å². The molecule has 136 valence electrons. The first kappa shape index (κ1) is 20.6. The molecule has 0 fully saturated rings. The topological polar surface area (TPSA) is 113 Å². The van der Waals surface area contributed by atoms with Crippen molar-refractivity contribution in [3.63, 3.8) is 0 Å². The van der Waals surface area contributed by atoms with Gasteiger partial charge >= 0.3 is 5.97 Å². The molecule has 0 aliphatic heterocycles. The van der Waals surface area contributed by atoms with Crippen LogP contribution in [0.1, 0.15) is 38.1 Å². The third-order valence-electron chi connectivity index (χ3n) is 3.93. The lowest BCUT2D eigenvalue weighted by atomic mass is 9.90. The predicted octanol–water partition coefficient (Wildman–Crippen LogP) is 1.69. The highest BCUT2D eigenvalue weighted by Crippen LogP contribution is 2.18. The summed E-state index contributed by atoms with van der Waals surface area (Å²) in [4.78, 5) is 24.3. The average molecular weight is 366 g/mol. The van der Waals surface area contributed by atoms with Crippen molar-refractivity contribution < 1.29 is 22.7 Å². The maximum absolute atomic E-state index is 12.3. The Morgan fingerprint density at radius 2 is 1.80 bits per heavy atom. The normalized spacial score (nSPS) is 14.9. The minimum Gasteiger partial charge on any atom is -0.449 e. The zero-order chi connectivity index (χ0) is 19.4. The van der Waals surface area contributed by atoms with E-state index in [9.17, 15) is 23.3 Å². The number of sulfone groups is 1. The van der Waals surface area contributed by atoms with E-state index in [0.717, 1.165) is 6.26 Å². The van der Waals surface area contributed by atoms with Gasteiger partial charge in [-0.15, -0.1) is 0 Å². The molecule has 8 heteroatoms. The van der Waals surface area contributed by atoms with Crippen molar-refractivity contribution in [3.05, 3.63) is 29.8 Å². The molecular weight excluding hydrogens is 344 g/mol. The second-order valence-electron chi connectivity index (χ2n) is 6.27. The van der Waals surface area contributed by atoms with Gasteiger partial charge in [0.25, 0.3) is 5.91 Å². The van der Waals surface area contributed by atoms with Crippen molar-refractivity contribution in [1.82, 2.24) is 5.32 Å². The number of carbonyl (C=O) groups is 2. The number of amides is 1. The van der Waals surface area contributed by atoms with Crippen LogP contribution >= 0.6 is 0 Å². The van der Waals surface area contributed by atoms with E-state index < -0.39 is 33.4 Å². The molecule has 7 nitrogen and oxygen atoms in total. The van der Waals surface area contributed by atoms with Crippen LogP contribution in [0.4, 0.5) is 0 Å². The largest absolute Gasteiger partial charge is 0.449 e. The van der Waals surface area contributed by atoms with Gasteiger partial charge in [0, 0.05) is 6.26 Å². The SMILES string of the molecule is CC(OC(=O)c1ccccc1S(C)(=O)=O)C(=O)NC(C)(C#N)C(C)C. The van der Waals surface area contributed by atoms with E-state index in [-0.39, 0.29) is 16.4 Å². The van der Waals surface area contributed by atoms with Gasteiger partial charge in [-0.3, -0.25) is 4.79 Å². The molecule has 2 atom stereocenters. The second-order valence-corrected chi connectivity index (χ2v) is 8.26. The number of esters is 1. The maximum Gasteiger partial charge on any atom is 0.340 e. The van der Waals surface area contributed by atoms with Gasteiger partial charge < -0.3 is 10.1 Å². The van der Waals surface area contributed by atoms with Crippen molar-refractivity contribution in [1.29, 1.82) is 5.26 Å². The fourth-order valence-corrected chi connectivity index (χ4v) is 2.77. The summed E-state index contributed by atoms with van der Waals surface area (Å²) in [7, 11) is -3.62. The standard InChI is InChI=1S/C17H22N2O5S/c1-11(2)17(4,10-18)19-15(20)12(3)24-16(21)13-8-6-7-9-14(13)25(5,22)23/h6-9,11-12H,1-5H3,(H,19,20). The Morgan fingerprint density at radius 3 is 2.28 bits per heavy atom. The summed E-state index contributed by atoms with van der Waals surface area (Å²) in [5.74, 6) is -1.72. The first-order valence-corrected chi connectivity index (χ1v) is 9.55. The highest BCUT2D eigenvalue weighted by atomic mass is 32.2. The number of hydrogen-bond acceptors (Lipinski definition) is 6. The third-order valence-corrected chi connectivity index (χ3v) is 5.08. The predicted molar refractivity (Wildman–Crippen MR) is 91.4 cm³/mol. The van der Waals surface area contributed by atoms with E-state index in [0.29, 0.717) is 0 Å². The fraction of sp³-hybridized carbons (Fsp3) is 0.471. The second kappa shape index (κ2) is 7.66. The Balaban J connectivity index is 2.96. The number of nitrogens with zero attached hydrogens (tertiary/aromatic N) is 1. The summed E-state index contributed by atoms with van der Waals surface area (Å²) in [6, 6.07) is 7.63. The summed E-state index contributed by atoms with van der Waals surface area (Å²) in [6.07, 6.45) is -0.206. The molecule has 1 N–H and O–H groups in total. The maximum atomic E-state index is 12.3. The zero-order valence-electron chi connectivity index (χ0n) is 14.9. The van der Waals surface area contributed by atoms with Gasteiger partial charge in [0.2, 0.25) is 0 Å². The molecule has 0 radical (unpaired) electrons. The van der Waals surface area contributed by atoms with E-state index in [1.807, 2.05) is 6.07 Å². The number of carbonyl (C=O) groups excluding carboxylic acids is 2. The Labute approximate surface area is 147 Å². The van der Waals surface area contributed by atoms with Crippen LogP contribution in [0.2, 0.25) is 0 Å². The first-order valence-electron chi connectivity index (χ1n) is 7.65. The van der Waals surface area contributed by atoms with Gasteiger partial charge in [0.15, 0.2) is 15.9 Å². The molecule has 0 aliphatic rings. The summed E-state index contributed by atoms with van der Waals surface area (Å²) in [5, 5.41) is 11.8. The van der Waals surface area contributed by atoms with Crippen LogP contribution in [0.25, 0.3) is 0 Å². The smallest absolute Gasteiger partial charge is 0.340 e. The van der Waals surface area contributed by atoms with Crippen LogP contribution in [0, 0.1) is 17.2 Å². The molecular formula is C17H22N2O5S. The monoisotopic (exact) mass is 366 g/mol. The number of nitrogens with one attached hydrogen (secondary N) is 1. The minimum atomic E-state index is -3.62. The molecule has 0 saturated heterocycles. The number of rotatable bonds is 6. The van der Waals surface area contributed by atoms with E-state index >= 15 is 0 Å². The highest BCUT2D eigenvalue weighted by molar-refractivity contribution is 7.90. The quantitative estimate of drug-likeness (QED) is 0.767. The summed E-state index contributed by atoms with van der Waals surface area (Å²) in [5.41, 5.74) is -1.25. The zero-order valence-corrected chi connectivity index (χ0v) is 15.7. The molecule has 1 aromatic carbocycles. The van der Waals surface area contributed by atoms with Gasteiger partial charge in [-0.1, -0.05) is 26.0 Å². The van der Waals surface area contributed by atoms with Gasteiger partial charge in [-0.25, -0.2) is 13.2 Å². The van der Waals surface area contributed by atoms with Crippen molar-refractivity contribution in [2.24, 2.45) is 5.92 Å². The Hall–Kier alpha value is -2.40. The van der Waals surface area contributed by atoms with Gasteiger partial charge in [-0.05, 0) is 31.9 Å². The third kappa shape index (κ3) is 5.03. The lowest BCUT2D eigenvalue weighted by molar-refractivity contribution is -0.130. The minimum absolute atomic E-state index is 0.142. The molecule has 0 aromatic heterocycles. The van der Waals surface area contributed by atoms with Crippen LogP contribution in [-0.2, 0) is 19.4 Å². The van der Waals surface area contributed by atoms with E-state index in [1.165, 1.54) is 31.2 Å². The Bertz CT molecular complexity index is 811. The molecule has 0 saturated carbocycles. The number of benzene rings is 1. The molecule has 1 amide bonds. The first-order chi connectivity index (χ1) is 11.4. The lowest BCUT2D eigenvalue weighted by Gasteiger charge is -2.28. The van der Waals surface area contributed by atoms with Gasteiger partial charge in [0.05, 0.1) is 16.5 Å². The van der Waals surface area contributed by atoms with E-state index in [1.54, 1.807) is 20.8 Å². The summed E-state index contributed by atoms with van der Waals surface area (Å²) < 4.78 is 28.6. The van der Waals surface area contributed by atoms with Crippen LogP contribution in [0.5, 0.6) is 0 Å². The fourth-order valence-electron chi connectivity index (χ4n) is 1.90. The van der Waals surface area contributed by atoms with Crippen molar-refractivity contribution >= 4 is 21.7 Å². The molecule has 0 heterocycles. The molecule has 0 aliphatic carbocycles. The summed E-state index contributed by atoms with van der Waals surface area (Å²) in [6.45, 7) is 6.49. The average Bonchev–Trinajstić information content (AvgIpc) is 2.53. The van der Waals surface area contributed by atoms with E-state index in [4.69, 9.17) is 4.74 Å². The Morgan fingerprint density at radius 1 is 1.24 bits per heavy atom. The van der Waals surface area contributed by atoms with Gasteiger partial charge in [0.1, 0.15) is 5.54 Å². The van der Waals surface area contributed by atoms with Crippen molar-refractivity contribution in [2.75, 3.05) is 6.26 Å². The van der Waals surface area contributed by atoms with Crippen molar-refractivity contribution in [3.8, 4) is 6.07 Å². The molecule has 0 bridgehead atoms. The molecule has 2 unspecified atom stereocenters. The lowest BCUT2D eigenvalue weighted by Crippen LogP contribution is -2.52. The van der Waals surface area contributed by atoms with Gasteiger partial charge in [-0.2, -0.15) is 5.26 Å². The molecule has 25 heavy (non-hydrogen) atoms. The van der Waals surface area contributed by atoms with Crippen LogP contribution in [-0.4, -0.2) is 38.2 Å². The van der Waals surface area contributed by atoms with Crippen LogP contribution < -0.4 is 5.32 Å². The van der Waals surface area contributed by atoms with Crippen LogP contribution in [0.15, 0.2) is 29.2 Å². The summed E-state index contributed by atoms with van der Waals surface area (Å²) >= 11 is 0. The Kier molecular flexibility index (Phi) is 6.32. The number of nitriles is 1. The van der Waals surface area contributed by atoms with E-state index in [2.05, 4.69) is 5.32 Å². The molecule has 1 rings (SSSR count). The number of ether oxygens (including phenoxy) is 1. The van der Waals surface area contributed by atoms with Crippen molar-refractivity contribution in [2.45, 2.75) is 44.2 Å². The molecule has 1 aromatic rings. The number of hydrogen-bond donors (Lipinski definition) is 1.